The standard InChI is InChI=1S/C20H19N3O2S/c1-14-12-20(25)23(15(2)21-14)13-19(24)22-17-10-6-7-11-18(17)26-16-8-4-3-5-9-16/h3-12H,13H2,1-2H3,(H,22,24). The van der Waals surface area contributed by atoms with Crippen molar-refractivity contribution in [1.82, 2.24) is 9.55 Å². The van der Waals surface area contributed by atoms with Gasteiger partial charge in [-0.2, -0.15) is 0 Å². The predicted octanol–water partition coefficient (Wildman–Crippen LogP) is 3.65. The molecule has 1 N–H and O–H groups in total. The molecule has 0 aliphatic carbocycles. The fourth-order valence-corrected chi connectivity index (χ4v) is 3.49. The summed E-state index contributed by atoms with van der Waals surface area (Å²) < 4.78 is 1.37. The van der Waals surface area contributed by atoms with Crippen molar-refractivity contribution in [1.29, 1.82) is 0 Å². The molecular formula is C20H19N3O2S. The van der Waals surface area contributed by atoms with E-state index in [4.69, 9.17) is 0 Å². The first-order valence-corrected chi connectivity index (χ1v) is 9.01. The molecule has 0 bridgehead atoms. The van der Waals surface area contributed by atoms with Crippen molar-refractivity contribution in [2.45, 2.75) is 30.2 Å². The van der Waals surface area contributed by atoms with Crippen LogP contribution in [0.5, 0.6) is 0 Å². The summed E-state index contributed by atoms with van der Waals surface area (Å²) >= 11 is 1.58. The number of amides is 1. The van der Waals surface area contributed by atoms with Gasteiger partial charge in [0.1, 0.15) is 12.4 Å². The summed E-state index contributed by atoms with van der Waals surface area (Å²) in [6.07, 6.45) is 0. The van der Waals surface area contributed by atoms with Crippen molar-refractivity contribution in [3.8, 4) is 0 Å². The zero-order chi connectivity index (χ0) is 18.5. The predicted molar refractivity (Wildman–Crippen MR) is 104 cm³/mol. The van der Waals surface area contributed by atoms with Gasteiger partial charge in [-0.25, -0.2) is 4.98 Å². The van der Waals surface area contributed by atoms with Gasteiger partial charge in [0.2, 0.25) is 5.91 Å². The van der Waals surface area contributed by atoms with Gasteiger partial charge in [-0.05, 0) is 38.1 Å². The SMILES string of the molecule is Cc1cc(=O)n(CC(=O)Nc2ccccc2Sc2ccccc2)c(C)n1. The molecule has 0 saturated carbocycles. The van der Waals surface area contributed by atoms with Gasteiger partial charge >= 0.3 is 0 Å². The number of rotatable bonds is 5. The Hall–Kier alpha value is -2.86. The van der Waals surface area contributed by atoms with Gasteiger partial charge in [0.05, 0.1) is 5.69 Å². The minimum absolute atomic E-state index is 0.0672. The molecule has 26 heavy (non-hydrogen) atoms. The molecule has 0 radical (unpaired) electrons. The number of hydrogen-bond donors (Lipinski definition) is 1. The molecule has 132 valence electrons. The Morgan fingerprint density at radius 1 is 1.08 bits per heavy atom. The van der Waals surface area contributed by atoms with Gasteiger partial charge in [0.15, 0.2) is 0 Å². The summed E-state index contributed by atoms with van der Waals surface area (Å²) in [6.45, 7) is 3.42. The van der Waals surface area contributed by atoms with Crippen molar-refractivity contribution in [3.05, 3.63) is 82.5 Å². The Bertz CT molecular complexity index is 984. The number of carbonyl (C=O) groups excluding carboxylic acids is 1. The van der Waals surface area contributed by atoms with Crippen LogP contribution in [0.1, 0.15) is 11.5 Å². The lowest BCUT2D eigenvalue weighted by Crippen LogP contribution is -2.30. The van der Waals surface area contributed by atoms with Crippen molar-refractivity contribution in [3.63, 3.8) is 0 Å². The fourth-order valence-electron chi connectivity index (χ4n) is 2.56. The lowest BCUT2D eigenvalue weighted by atomic mass is 10.3. The quantitative estimate of drug-likeness (QED) is 0.750. The Morgan fingerprint density at radius 2 is 1.77 bits per heavy atom. The number of para-hydroxylation sites is 1. The van der Waals surface area contributed by atoms with E-state index in [0.717, 1.165) is 15.5 Å². The Kier molecular flexibility index (Phi) is 5.53. The molecule has 1 heterocycles. The molecule has 2 aromatic carbocycles. The third-order valence-electron chi connectivity index (χ3n) is 3.76. The fraction of sp³-hybridized carbons (Fsp3) is 0.150. The maximum Gasteiger partial charge on any atom is 0.254 e. The average molecular weight is 365 g/mol. The van der Waals surface area contributed by atoms with Gasteiger partial charge in [-0.1, -0.05) is 42.1 Å². The van der Waals surface area contributed by atoms with Crippen LogP contribution in [0.4, 0.5) is 5.69 Å². The van der Waals surface area contributed by atoms with Crippen LogP contribution in [0.15, 0.2) is 75.2 Å². The van der Waals surface area contributed by atoms with E-state index in [2.05, 4.69) is 10.3 Å². The normalized spacial score (nSPS) is 10.5. The monoisotopic (exact) mass is 365 g/mol. The van der Waals surface area contributed by atoms with Crippen molar-refractivity contribution >= 4 is 23.4 Å². The van der Waals surface area contributed by atoms with E-state index in [1.165, 1.54) is 10.6 Å². The number of benzene rings is 2. The van der Waals surface area contributed by atoms with Crippen LogP contribution < -0.4 is 10.9 Å². The highest BCUT2D eigenvalue weighted by Gasteiger charge is 2.11. The number of hydrogen-bond acceptors (Lipinski definition) is 4. The smallest absolute Gasteiger partial charge is 0.254 e. The number of nitrogens with zero attached hydrogens (tertiary/aromatic N) is 2. The van der Waals surface area contributed by atoms with Crippen LogP contribution in [0.3, 0.4) is 0 Å². The highest BCUT2D eigenvalue weighted by atomic mass is 32.2. The minimum Gasteiger partial charge on any atom is -0.323 e. The third-order valence-corrected chi connectivity index (χ3v) is 4.84. The molecule has 6 heteroatoms. The highest BCUT2D eigenvalue weighted by Crippen LogP contribution is 2.33. The molecule has 1 amide bonds. The van der Waals surface area contributed by atoms with Crippen LogP contribution in [-0.4, -0.2) is 15.5 Å². The maximum atomic E-state index is 12.5. The van der Waals surface area contributed by atoms with Crippen LogP contribution >= 0.6 is 11.8 Å². The molecule has 0 atom stereocenters. The van der Waals surface area contributed by atoms with Gasteiger partial charge < -0.3 is 5.32 Å². The molecule has 0 spiro atoms. The van der Waals surface area contributed by atoms with E-state index >= 15 is 0 Å². The minimum atomic E-state index is -0.262. The molecule has 5 nitrogen and oxygen atoms in total. The summed E-state index contributed by atoms with van der Waals surface area (Å²) in [5, 5.41) is 2.90. The van der Waals surface area contributed by atoms with E-state index in [-0.39, 0.29) is 18.0 Å². The van der Waals surface area contributed by atoms with Crippen molar-refractivity contribution in [2.75, 3.05) is 5.32 Å². The van der Waals surface area contributed by atoms with Gasteiger partial charge in [0.25, 0.3) is 5.56 Å². The van der Waals surface area contributed by atoms with Crippen LogP contribution in [-0.2, 0) is 11.3 Å². The average Bonchev–Trinajstić information content (AvgIpc) is 2.61. The van der Waals surface area contributed by atoms with E-state index in [1.807, 2.05) is 54.6 Å². The zero-order valence-electron chi connectivity index (χ0n) is 14.6. The van der Waals surface area contributed by atoms with Crippen LogP contribution in [0.25, 0.3) is 0 Å². The van der Waals surface area contributed by atoms with Gasteiger partial charge in [-0.3, -0.25) is 14.2 Å². The molecule has 1 aromatic heterocycles. The number of anilines is 1. The second-order valence-electron chi connectivity index (χ2n) is 5.83. The van der Waals surface area contributed by atoms with E-state index in [0.29, 0.717) is 11.5 Å². The molecule has 0 unspecified atom stereocenters. The highest BCUT2D eigenvalue weighted by molar-refractivity contribution is 7.99. The first kappa shape index (κ1) is 17.9. The number of nitrogens with one attached hydrogen (secondary N) is 1. The number of aromatic nitrogens is 2. The Labute approximate surface area is 156 Å². The molecular weight excluding hydrogens is 346 g/mol. The number of aryl methyl sites for hydroxylation is 2. The Morgan fingerprint density at radius 3 is 2.50 bits per heavy atom. The summed E-state index contributed by atoms with van der Waals surface area (Å²) in [5.41, 5.74) is 1.14. The third kappa shape index (κ3) is 4.40. The lowest BCUT2D eigenvalue weighted by Gasteiger charge is -2.13. The molecule has 0 saturated heterocycles. The first-order valence-electron chi connectivity index (χ1n) is 8.20. The number of carbonyl (C=O) groups is 1. The molecule has 3 rings (SSSR count). The maximum absolute atomic E-state index is 12.5. The topological polar surface area (TPSA) is 64.0 Å². The summed E-state index contributed by atoms with van der Waals surface area (Å²) in [7, 11) is 0. The van der Waals surface area contributed by atoms with Crippen LogP contribution in [0, 0.1) is 13.8 Å². The largest absolute Gasteiger partial charge is 0.323 e. The van der Waals surface area contributed by atoms with E-state index in [1.54, 1.807) is 25.6 Å². The summed E-state index contributed by atoms with van der Waals surface area (Å²) in [6, 6.07) is 19.0. The second-order valence-corrected chi connectivity index (χ2v) is 6.94. The van der Waals surface area contributed by atoms with E-state index in [9.17, 15) is 9.59 Å². The Balaban J connectivity index is 1.77. The van der Waals surface area contributed by atoms with E-state index < -0.39 is 0 Å². The lowest BCUT2D eigenvalue weighted by molar-refractivity contribution is -0.116. The van der Waals surface area contributed by atoms with Gasteiger partial charge in [-0.15, -0.1) is 0 Å². The molecule has 0 aliphatic rings. The van der Waals surface area contributed by atoms with Crippen molar-refractivity contribution in [2.24, 2.45) is 0 Å². The molecule has 0 fully saturated rings. The van der Waals surface area contributed by atoms with Crippen LogP contribution in [0.2, 0.25) is 0 Å². The first-order chi connectivity index (χ1) is 12.5. The molecule has 3 aromatic rings. The van der Waals surface area contributed by atoms with Gasteiger partial charge in [0, 0.05) is 21.6 Å². The molecule has 0 aliphatic heterocycles. The zero-order valence-corrected chi connectivity index (χ0v) is 15.4. The summed E-state index contributed by atoms with van der Waals surface area (Å²) in [4.78, 5) is 30.8. The van der Waals surface area contributed by atoms with Crippen molar-refractivity contribution < 1.29 is 4.79 Å². The second kappa shape index (κ2) is 8.01. The summed E-state index contributed by atoms with van der Waals surface area (Å²) in [5.74, 6) is 0.263.